The van der Waals surface area contributed by atoms with Crippen LogP contribution in [0.15, 0.2) is 24.3 Å². The van der Waals surface area contributed by atoms with Crippen LogP contribution in [0.3, 0.4) is 0 Å². The number of rotatable bonds is 1. The summed E-state index contributed by atoms with van der Waals surface area (Å²) in [6.45, 7) is 3.50. The van der Waals surface area contributed by atoms with Gasteiger partial charge in [0.2, 0.25) is 0 Å². The number of aromatic nitrogens is 1. The first-order valence-electron chi connectivity index (χ1n) is 4.58. The second-order valence-corrected chi connectivity index (χ2v) is 4.09. The van der Waals surface area contributed by atoms with Crippen LogP contribution in [0.1, 0.15) is 19.5 Å². The third-order valence-electron chi connectivity index (χ3n) is 2.30. The van der Waals surface area contributed by atoms with Crippen molar-refractivity contribution in [3.05, 3.63) is 30.0 Å². The molecule has 0 aliphatic heterocycles. The smallest absolute Gasteiger partial charge is 0.0987 e. The molecule has 0 atom stereocenters. The summed E-state index contributed by atoms with van der Waals surface area (Å²) in [4.78, 5) is 3.16. The summed E-state index contributed by atoms with van der Waals surface area (Å²) in [7, 11) is 0. The van der Waals surface area contributed by atoms with E-state index in [1.807, 2.05) is 24.3 Å². The van der Waals surface area contributed by atoms with Crippen molar-refractivity contribution < 1.29 is 5.11 Å². The third-order valence-corrected chi connectivity index (χ3v) is 2.30. The van der Waals surface area contributed by atoms with Gasteiger partial charge in [0, 0.05) is 22.3 Å². The fourth-order valence-electron chi connectivity index (χ4n) is 1.48. The van der Waals surface area contributed by atoms with Gasteiger partial charge in [0.1, 0.15) is 0 Å². The van der Waals surface area contributed by atoms with E-state index in [4.69, 9.17) is 5.73 Å². The van der Waals surface area contributed by atoms with Gasteiger partial charge in [-0.15, -0.1) is 0 Å². The molecule has 0 bridgehead atoms. The molecule has 4 N–H and O–H groups in total. The van der Waals surface area contributed by atoms with Crippen LogP contribution in [0.5, 0.6) is 0 Å². The molecule has 0 saturated heterocycles. The number of fused-ring (bicyclic) bond motifs is 1. The van der Waals surface area contributed by atoms with Gasteiger partial charge in [-0.1, -0.05) is 0 Å². The van der Waals surface area contributed by atoms with Gasteiger partial charge < -0.3 is 15.8 Å². The van der Waals surface area contributed by atoms with E-state index in [0.717, 1.165) is 22.3 Å². The highest BCUT2D eigenvalue weighted by molar-refractivity contribution is 5.83. The summed E-state index contributed by atoms with van der Waals surface area (Å²) in [5.41, 5.74) is 7.36. The van der Waals surface area contributed by atoms with Gasteiger partial charge in [0.25, 0.3) is 0 Å². The maximum Gasteiger partial charge on any atom is 0.0987 e. The Bertz CT molecular complexity index is 466. The van der Waals surface area contributed by atoms with Crippen molar-refractivity contribution in [2.45, 2.75) is 19.4 Å². The third kappa shape index (κ3) is 1.46. The van der Waals surface area contributed by atoms with E-state index in [1.165, 1.54) is 0 Å². The van der Waals surface area contributed by atoms with Crippen LogP contribution in [0.4, 0.5) is 5.69 Å². The minimum atomic E-state index is -0.840. The average molecular weight is 190 g/mol. The lowest BCUT2D eigenvalue weighted by atomic mass is 10.1. The highest BCUT2D eigenvalue weighted by Gasteiger charge is 2.18. The molecule has 0 unspecified atom stereocenters. The number of H-pyrrole nitrogens is 1. The van der Waals surface area contributed by atoms with Crippen LogP contribution in [0.25, 0.3) is 10.9 Å². The number of nitrogen functional groups attached to an aromatic ring is 1. The first-order valence-corrected chi connectivity index (χ1v) is 4.58. The Hall–Kier alpha value is -1.48. The molecule has 0 spiro atoms. The fraction of sp³-hybridized carbons (Fsp3) is 0.273. The molecule has 0 radical (unpaired) electrons. The standard InChI is InChI=1S/C11H14N2O/c1-11(2,14)10-6-7-5-8(12)3-4-9(7)13-10/h3-6,13-14H,12H2,1-2H3. The van der Waals surface area contributed by atoms with Gasteiger partial charge in [0.05, 0.1) is 5.60 Å². The summed E-state index contributed by atoms with van der Waals surface area (Å²) in [6, 6.07) is 7.57. The molecular formula is C11H14N2O. The molecule has 14 heavy (non-hydrogen) atoms. The molecule has 3 nitrogen and oxygen atoms in total. The number of hydrogen-bond acceptors (Lipinski definition) is 2. The zero-order valence-corrected chi connectivity index (χ0v) is 8.33. The van der Waals surface area contributed by atoms with Crippen molar-refractivity contribution in [1.82, 2.24) is 4.98 Å². The lowest BCUT2D eigenvalue weighted by Crippen LogP contribution is -2.15. The summed E-state index contributed by atoms with van der Waals surface area (Å²) >= 11 is 0. The Morgan fingerprint density at radius 2 is 2.00 bits per heavy atom. The normalized spacial score (nSPS) is 12.2. The van der Waals surface area contributed by atoms with Crippen molar-refractivity contribution in [1.29, 1.82) is 0 Å². The molecule has 0 fully saturated rings. The van der Waals surface area contributed by atoms with Gasteiger partial charge in [-0.3, -0.25) is 0 Å². The topological polar surface area (TPSA) is 62.0 Å². The van der Waals surface area contributed by atoms with Crippen molar-refractivity contribution in [3.8, 4) is 0 Å². The first-order chi connectivity index (χ1) is 6.47. The zero-order valence-electron chi connectivity index (χ0n) is 8.33. The number of hydrogen-bond donors (Lipinski definition) is 3. The van der Waals surface area contributed by atoms with Crippen molar-refractivity contribution >= 4 is 16.6 Å². The lowest BCUT2D eigenvalue weighted by molar-refractivity contribution is 0.0747. The van der Waals surface area contributed by atoms with Crippen molar-refractivity contribution in [3.63, 3.8) is 0 Å². The molecule has 1 heterocycles. The zero-order chi connectivity index (χ0) is 10.3. The minimum absolute atomic E-state index is 0.735. The van der Waals surface area contributed by atoms with Crippen LogP contribution < -0.4 is 5.73 Å². The Labute approximate surface area is 82.6 Å². The van der Waals surface area contributed by atoms with E-state index < -0.39 is 5.60 Å². The molecule has 0 amide bonds. The predicted molar refractivity (Wildman–Crippen MR) is 58.0 cm³/mol. The Morgan fingerprint density at radius 3 is 2.64 bits per heavy atom. The Morgan fingerprint density at radius 1 is 1.29 bits per heavy atom. The molecular weight excluding hydrogens is 176 g/mol. The van der Waals surface area contributed by atoms with Crippen molar-refractivity contribution in [2.75, 3.05) is 5.73 Å². The van der Waals surface area contributed by atoms with Gasteiger partial charge in [-0.05, 0) is 38.1 Å². The van der Waals surface area contributed by atoms with Gasteiger partial charge in [-0.25, -0.2) is 0 Å². The van der Waals surface area contributed by atoms with E-state index in [1.54, 1.807) is 13.8 Å². The van der Waals surface area contributed by atoms with E-state index in [9.17, 15) is 5.11 Å². The Kier molecular flexibility index (Phi) is 1.79. The molecule has 0 aliphatic carbocycles. The molecule has 2 aromatic rings. The predicted octanol–water partition coefficient (Wildman–Crippen LogP) is 1.98. The van der Waals surface area contributed by atoms with Gasteiger partial charge in [-0.2, -0.15) is 0 Å². The Balaban J connectivity index is 2.63. The van der Waals surface area contributed by atoms with Crippen LogP contribution in [-0.2, 0) is 5.60 Å². The minimum Gasteiger partial charge on any atom is -0.399 e. The number of benzene rings is 1. The monoisotopic (exact) mass is 190 g/mol. The molecule has 1 aromatic carbocycles. The molecule has 3 heteroatoms. The number of nitrogens with one attached hydrogen (secondary N) is 1. The molecule has 1 aromatic heterocycles. The number of anilines is 1. The van der Waals surface area contributed by atoms with Crippen LogP contribution in [-0.4, -0.2) is 10.1 Å². The van der Waals surface area contributed by atoms with E-state index >= 15 is 0 Å². The maximum atomic E-state index is 9.80. The lowest BCUT2D eigenvalue weighted by Gasteiger charge is -2.14. The van der Waals surface area contributed by atoms with Crippen LogP contribution >= 0.6 is 0 Å². The SMILES string of the molecule is CC(C)(O)c1cc2cc(N)ccc2[nH]1. The fourth-order valence-corrected chi connectivity index (χ4v) is 1.48. The molecule has 0 aliphatic rings. The number of nitrogens with two attached hydrogens (primary N) is 1. The first kappa shape index (κ1) is 9.09. The van der Waals surface area contributed by atoms with Crippen LogP contribution in [0, 0.1) is 0 Å². The quantitative estimate of drug-likeness (QED) is 0.602. The highest BCUT2D eigenvalue weighted by Crippen LogP contribution is 2.25. The maximum absolute atomic E-state index is 9.80. The second-order valence-electron chi connectivity index (χ2n) is 4.09. The molecule has 0 saturated carbocycles. The average Bonchev–Trinajstić information content (AvgIpc) is 2.45. The molecule has 74 valence electrons. The number of aromatic amines is 1. The second kappa shape index (κ2) is 2.75. The summed E-state index contributed by atoms with van der Waals surface area (Å²) in [6.07, 6.45) is 0. The van der Waals surface area contributed by atoms with Gasteiger partial charge in [0.15, 0.2) is 0 Å². The van der Waals surface area contributed by atoms with Crippen molar-refractivity contribution in [2.24, 2.45) is 0 Å². The largest absolute Gasteiger partial charge is 0.399 e. The van der Waals surface area contributed by atoms with Crippen LogP contribution in [0.2, 0.25) is 0 Å². The van der Waals surface area contributed by atoms with E-state index in [-0.39, 0.29) is 0 Å². The summed E-state index contributed by atoms with van der Waals surface area (Å²) in [5, 5.41) is 10.8. The summed E-state index contributed by atoms with van der Waals surface area (Å²) < 4.78 is 0. The summed E-state index contributed by atoms with van der Waals surface area (Å²) in [5.74, 6) is 0. The van der Waals surface area contributed by atoms with Gasteiger partial charge >= 0.3 is 0 Å². The number of aliphatic hydroxyl groups is 1. The van der Waals surface area contributed by atoms with E-state index in [2.05, 4.69) is 4.98 Å². The highest BCUT2D eigenvalue weighted by atomic mass is 16.3. The van der Waals surface area contributed by atoms with E-state index in [0.29, 0.717) is 0 Å². The molecule has 2 rings (SSSR count).